The molecular weight excluding hydrogens is 475 g/mol. The van der Waals surface area contributed by atoms with Gasteiger partial charge in [0.15, 0.2) is 5.11 Å². The SMILES string of the molecule is O=C(NC(=S)Nc1ccc(NC(=O)c2ccc(Cl)cc2Cl)cc1)c1ccc([N+](=O)[O-])cc1. The zero-order valence-corrected chi connectivity index (χ0v) is 18.4. The van der Waals surface area contributed by atoms with Crippen molar-refractivity contribution in [3.05, 3.63) is 98.0 Å². The van der Waals surface area contributed by atoms with E-state index in [1.165, 1.54) is 36.4 Å². The Balaban J connectivity index is 1.56. The summed E-state index contributed by atoms with van der Waals surface area (Å²) in [6.45, 7) is 0. The summed E-state index contributed by atoms with van der Waals surface area (Å²) in [5.74, 6) is -0.903. The van der Waals surface area contributed by atoms with Crippen LogP contribution < -0.4 is 16.0 Å². The van der Waals surface area contributed by atoms with Gasteiger partial charge in [0, 0.05) is 34.1 Å². The molecule has 0 aliphatic heterocycles. The Hall–Kier alpha value is -3.53. The average Bonchev–Trinajstić information content (AvgIpc) is 2.75. The third-order valence-electron chi connectivity index (χ3n) is 4.14. The smallest absolute Gasteiger partial charge is 0.269 e. The van der Waals surface area contributed by atoms with Gasteiger partial charge in [0.1, 0.15) is 0 Å². The largest absolute Gasteiger partial charge is 0.332 e. The first-order valence-corrected chi connectivity index (χ1v) is 10.1. The number of nitro benzene ring substituents is 1. The Morgan fingerprint density at radius 3 is 2.00 bits per heavy atom. The van der Waals surface area contributed by atoms with Crippen molar-refractivity contribution in [3.63, 3.8) is 0 Å². The predicted molar refractivity (Wildman–Crippen MR) is 128 cm³/mol. The fourth-order valence-electron chi connectivity index (χ4n) is 2.58. The highest BCUT2D eigenvalue weighted by Gasteiger charge is 2.12. The first-order chi connectivity index (χ1) is 15.2. The van der Waals surface area contributed by atoms with Gasteiger partial charge in [-0.05, 0) is 66.8 Å². The van der Waals surface area contributed by atoms with Gasteiger partial charge in [-0.15, -0.1) is 0 Å². The van der Waals surface area contributed by atoms with E-state index in [1.807, 2.05) is 0 Å². The van der Waals surface area contributed by atoms with Crippen molar-refractivity contribution in [2.45, 2.75) is 0 Å². The number of anilines is 2. The van der Waals surface area contributed by atoms with E-state index < -0.39 is 16.7 Å². The van der Waals surface area contributed by atoms with Gasteiger partial charge >= 0.3 is 0 Å². The van der Waals surface area contributed by atoms with Crippen LogP contribution >= 0.6 is 35.4 Å². The van der Waals surface area contributed by atoms with Crippen molar-refractivity contribution in [1.82, 2.24) is 5.32 Å². The quantitative estimate of drug-likeness (QED) is 0.255. The zero-order valence-electron chi connectivity index (χ0n) is 16.1. The number of nitro groups is 1. The van der Waals surface area contributed by atoms with Gasteiger partial charge < -0.3 is 10.6 Å². The van der Waals surface area contributed by atoms with Crippen molar-refractivity contribution in [1.29, 1.82) is 0 Å². The van der Waals surface area contributed by atoms with Crippen LogP contribution in [0.1, 0.15) is 20.7 Å². The molecule has 3 rings (SSSR count). The minimum absolute atomic E-state index is 0.0399. The summed E-state index contributed by atoms with van der Waals surface area (Å²) in [4.78, 5) is 34.7. The van der Waals surface area contributed by atoms with Crippen LogP contribution in [-0.2, 0) is 0 Å². The van der Waals surface area contributed by atoms with Gasteiger partial charge in [-0.1, -0.05) is 23.2 Å². The number of hydrogen-bond acceptors (Lipinski definition) is 5. The van der Waals surface area contributed by atoms with Gasteiger partial charge in [0.05, 0.1) is 15.5 Å². The maximum absolute atomic E-state index is 12.4. The molecule has 3 N–H and O–H groups in total. The van der Waals surface area contributed by atoms with Gasteiger partial charge in [-0.2, -0.15) is 0 Å². The van der Waals surface area contributed by atoms with Crippen LogP contribution in [0.15, 0.2) is 66.7 Å². The number of hydrogen-bond donors (Lipinski definition) is 3. The Bertz CT molecular complexity index is 1200. The van der Waals surface area contributed by atoms with Crippen molar-refractivity contribution < 1.29 is 14.5 Å². The van der Waals surface area contributed by atoms with E-state index in [0.717, 1.165) is 0 Å². The van der Waals surface area contributed by atoms with Crippen LogP contribution in [0.2, 0.25) is 10.0 Å². The maximum Gasteiger partial charge on any atom is 0.269 e. The molecule has 0 aliphatic carbocycles. The second kappa shape index (κ2) is 10.2. The molecular formula is C21H14Cl2N4O4S. The van der Waals surface area contributed by atoms with E-state index >= 15 is 0 Å². The molecule has 3 aromatic carbocycles. The molecule has 0 atom stereocenters. The molecule has 0 aliphatic rings. The molecule has 0 radical (unpaired) electrons. The summed E-state index contributed by atoms with van der Waals surface area (Å²) in [6.07, 6.45) is 0. The lowest BCUT2D eigenvalue weighted by molar-refractivity contribution is -0.384. The Morgan fingerprint density at radius 2 is 1.44 bits per heavy atom. The number of nitrogens with zero attached hydrogens (tertiary/aromatic N) is 1. The number of thiocarbonyl (C=S) groups is 1. The van der Waals surface area contributed by atoms with E-state index in [0.29, 0.717) is 16.4 Å². The van der Waals surface area contributed by atoms with Gasteiger partial charge in [-0.3, -0.25) is 25.0 Å². The molecule has 0 saturated carbocycles. The van der Waals surface area contributed by atoms with Crippen LogP contribution in [0.25, 0.3) is 0 Å². The van der Waals surface area contributed by atoms with Crippen molar-refractivity contribution in [2.75, 3.05) is 10.6 Å². The monoisotopic (exact) mass is 488 g/mol. The second-order valence-electron chi connectivity index (χ2n) is 6.37. The summed E-state index contributed by atoms with van der Waals surface area (Å²) >= 11 is 17.0. The lowest BCUT2D eigenvalue weighted by Crippen LogP contribution is -2.34. The van der Waals surface area contributed by atoms with Crippen LogP contribution in [0, 0.1) is 10.1 Å². The molecule has 8 nitrogen and oxygen atoms in total. The molecule has 0 heterocycles. The molecule has 11 heteroatoms. The van der Waals surface area contributed by atoms with Crippen LogP contribution in [0.4, 0.5) is 17.1 Å². The topological polar surface area (TPSA) is 113 Å². The van der Waals surface area contributed by atoms with Gasteiger partial charge in [0.2, 0.25) is 0 Å². The average molecular weight is 489 g/mol. The highest BCUT2D eigenvalue weighted by Crippen LogP contribution is 2.22. The Morgan fingerprint density at radius 1 is 0.844 bits per heavy atom. The summed E-state index contributed by atoms with van der Waals surface area (Å²) in [5.41, 5.74) is 1.48. The minimum Gasteiger partial charge on any atom is -0.332 e. The predicted octanol–water partition coefficient (Wildman–Crippen LogP) is 5.28. The molecule has 0 spiro atoms. The maximum atomic E-state index is 12.4. The normalized spacial score (nSPS) is 10.2. The molecule has 0 bridgehead atoms. The molecule has 0 fully saturated rings. The summed E-state index contributed by atoms with van der Waals surface area (Å²) in [5, 5.41) is 19.4. The van der Waals surface area contributed by atoms with E-state index in [9.17, 15) is 19.7 Å². The van der Waals surface area contributed by atoms with Gasteiger partial charge in [-0.25, -0.2) is 0 Å². The molecule has 3 aromatic rings. The minimum atomic E-state index is -0.552. The van der Waals surface area contributed by atoms with E-state index in [-0.39, 0.29) is 26.9 Å². The number of halogens is 2. The van der Waals surface area contributed by atoms with Crippen LogP contribution in [0.3, 0.4) is 0 Å². The zero-order chi connectivity index (χ0) is 23.3. The number of benzene rings is 3. The third-order valence-corrected chi connectivity index (χ3v) is 4.90. The summed E-state index contributed by atoms with van der Waals surface area (Å²) in [6, 6.07) is 16.3. The Labute approximate surface area is 197 Å². The van der Waals surface area contributed by atoms with Gasteiger partial charge in [0.25, 0.3) is 17.5 Å². The molecule has 32 heavy (non-hydrogen) atoms. The number of rotatable bonds is 5. The number of non-ortho nitro benzene ring substituents is 1. The molecule has 162 valence electrons. The summed E-state index contributed by atoms with van der Waals surface area (Å²) in [7, 11) is 0. The molecule has 2 amide bonds. The molecule has 0 unspecified atom stereocenters. The lowest BCUT2D eigenvalue weighted by atomic mass is 10.2. The Kier molecular flexibility index (Phi) is 7.37. The van der Waals surface area contributed by atoms with Crippen LogP contribution in [-0.4, -0.2) is 21.9 Å². The number of nitrogens with one attached hydrogen (secondary N) is 3. The van der Waals surface area contributed by atoms with Crippen molar-refractivity contribution in [3.8, 4) is 0 Å². The van der Waals surface area contributed by atoms with Crippen LogP contribution in [0.5, 0.6) is 0 Å². The molecule has 0 saturated heterocycles. The first-order valence-electron chi connectivity index (χ1n) is 8.96. The number of carbonyl (C=O) groups excluding carboxylic acids is 2. The molecule has 0 aromatic heterocycles. The number of carbonyl (C=O) groups is 2. The van der Waals surface area contributed by atoms with Crippen molar-refractivity contribution in [2.24, 2.45) is 0 Å². The third kappa shape index (κ3) is 6.01. The van der Waals surface area contributed by atoms with E-state index in [4.69, 9.17) is 35.4 Å². The highest BCUT2D eigenvalue weighted by molar-refractivity contribution is 7.80. The van der Waals surface area contributed by atoms with E-state index in [1.54, 1.807) is 30.3 Å². The lowest BCUT2D eigenvalue weighted by Gasteiger charge is -2.11. The fraction of sp³-hybridized carbons (Fsp3) is 0. The number of amides is 2. The van der Waals surface area contributed by atoms with E-state index in [2.05, 4.69) is 16.0 Å². The second-order valence-corrected chi connectivity index (χ2v) is 7.62. The van der Waals surface area contributed by atoms with Crippen molar-refractivity contribution >= 4 is 69.4 Å². The standard InChI is InChI=1S/C21H14Cl2N4O4S/c22-13-3-10-17(18(23)11-13)20(29)24-14-4-6-15(7-5-14)25-21(32)26-19(28)12-1-8-16(9-2-12)27(30)31/h1-11H,(H,24,29)(H2,25,26,28,32). The fourth-order valence-corrected chi connectivity index (χ4v) is 3.29. The summed E-state index contributed by atoms with van der Waals surface area (Å²) < 4.78 is 0. The first kappa shape index (κ1) is 23.1. The highest BCUT2D eigenvalue weighted by atomic mass is 35.5.